The second kappa shape index (κ2) is 7.74. The van der Waals surface area contributed by atoms with E-state index in [0.717, 1.165) is 10.3 Å². The first kappa shape index (κ1) is 17.0. The van der Waals surface area contributed by atoms with Crippen LogP contribution in [-0.2, 0) is 17.8 Å². The van der Waals surface area contributed by atoms with E-state index in [0.29, 0.717) is 49.2 Å². The minimum Gasteiger partial charge on any atom is -0.428 e. The van der Waals surface area contributed by atoms with Gasteiger partial charge in [0.1, 0.15) is 5.69 Å². The molecule has 0 saturated heterocycles. The number of hydrogen-bond acceptors (Lipinski definition) is 4. The van der Waals surface area contributed by atoms with E-state index in [1.807, 2.05) is 30.3 Å². The lowest BCUT2D eigenvalue weighted by Gasteiger charge is -2.06. The molecular formula is C18H21NO4. The second-order valence-electron chi connectivity index (χ2n) is 5.46. The fraction of sp³-hybridized carbons (Fsp3) is 0.333. The molecule has 0 spiro atoms. The Labute approximate surface area is 135 Å². The third-order valence-corrected chi connectivity index (χ3v) is 3.80. The van der Waals surface area contributed by atoms with Crippen LogP contribution >= 0.6 is 0 Å². The minimum atomic E-state index is -0.264. The maximum Gasteiger partial charge on any atom is 0.179 e. The second-order valence-corrected chi connectivity index (χ2v) is 5.46. The topological polar surface area (TPSA) is 68.5 Å². The fourth-order valence-electron chi connectivity index (χ4n) is 2.67. The first-order chi connectivity index (χ1) is 11.1. The molecule has 0 fully saturated rings. The van der Waals surface area contributed by atoms with Crippen molar-refractivity contribution >= 4 is 12.1 Å². The van der Waals surface area contributed by atoms with Crippen LogP contribution < -0.4 is 0 Å². The molecule has 0 aliphatic carbocycles. The monoisotopic (exact) mass is 315 g/mol. The summed E-state index contributed by atoms with van der Waals surface area (Å²) in [6.45, 7) is 4.07. The van der Waals surface area contributed by atoms with Gasteiger partial charge in [-0.3, -0.25) is 9.59 Å². The molecule has 1 aromatic heterocycles. The number of rotatable bonds is 8. The van der Waals surface area contributed by atoms with Crippen molar-refractivity contribution in [2.45, 2.75) is 33.3 Å². The van der Waals surface area contributed by atoms with Gasteiger partial charge in [0, 0.05) is 19.1 Å². The Balaban J connectivity index is 1.94. The highest BCUT2D eigenvalue weighted by atomic mass is 16.5. The quantitative estimate of drug-likeness (QED) is 0.351. The molecule has 0 unspecified atom stereocenters. The molecule has 122 valence electrons. The Morgan fingerprint density at radius 2 is 2.00 bits per heavy atom. The number of aromatic nitrogens is 1. The van der Waals surface area contributed by atoms with Crippen molar-refractivity contribution in [3.63, 3.8) is 0 Å². The lowest BCUT2D eigenvalue weighted by molar-refractivity contribution is 0.0950. The van der Waals surface area contributed by atoms with Crippen LogP contribution in [0.1, 0.15) is 51.0 Å². The van der Waals surface area contributed by atoms with Crippen molar-refractivity contribution in [2.75, 3.05) is 6.61 Å². The van der Waals surface area contributed by atoms with Crippen LogP contribution in [0, 0.1) is 6.92 Å². The van der Waals surface area contributed by atoms with E-state index in [1.54, 1.807) is 6.92 Å². The summed E-state index contributed by atoms with van der Waals surface area (Å²) in [4.78, 5) is 22.8. The highest BCUT2D eigenvalue weighted by Crippen LogP contribution is 2.21. The molecule has 0 saturated carbocycles. The van der Waals surface area contributed by atoms with Crippen LogP contribution in [0.3, 0.4) is 0 Å². The Hall–Kier alpha value is -2.40. The van der Waals surface area contributed by atoms with Crippen molar-refractivity contribution in [1.29, 1.82) is 0 Å². The molecule has 23 heavy (non-hydrogen) atoms. The maximum atomic E-state index is 11.6. The maximum absolute atomic E-state index is 11.6. The van der Waals surface area contributed by atoms with Crippen LogP contribution in [0.25, 0.3) is 0 Å². The summed E-state index contributed by atoms with van der Waals surface area (Å²) in [6.07, 6.45) is 1.80. The predicted octanol–water partition coefficient (Wildman–Crippen LogP) is 3.20. The number of carbonyl (C=O) groups excluding carboxylic acids is 2. The van der Waals surface area contributed by atoms with E-state index in [1.165, 1.54) is 6.92 Å². The van der Waals surface area contributed by atoms with E-state index < -0.39 is 0 Å². The highest BCUT2D eigenvalue weighted by Gasteiger charge is 2.21. The summed E-state index contributed by atoms with van der Waals surface area (Å²) >= 11 is 0. The summed E-state index contributed by atoms with van der Waals surface area (Å²) in [5.74, 6) is -0.264. The van der Waals surface area contributed by atoms with Gasteiger partial charge in [-0.15, -0.1) is 0 Å². The number of nitrogens with zero attached hydrogens (tertiary/aromatic N) is 1. The molecule has 2 aromatic rings. The molecule has 1 aromatic carbocycles. The fourth-order valence-corrected chi connectivity index (χ4v) is 2.67. The number of carbonyl (C=O) groups is 2. The van der Waals surface area contributed by atoms with Gasteiger partial charge in [0.25, 0.3) is 0 Å². The van der Waals surface area contributed by atoms with Gasteiger partial charge in [0.2, 0.25) is 0 Å². The summed E-state index contributed by atoms with van der Waals surface area (Å²) in [5.41, 5.74) is 2.65. The van der Waals surface area contributed by atoms with E-state index in [-0.39, 0.29) is 11.5 Å². The van der Waals surface area contributed by atoms with Crippen LogP contribution in [0.4, 0.5) is 0 Å². The molecule has 0 bridgehead atoms. The number of ketones is 1. The molecule has 0 aliphatic heterocycles. The third-order valence-electron chi connectivity index (χ3n) is 3.80. The van der Waals surface area contributed by atoms with Gasteiger partial charge >= 0.3 is 0 Å². The van der Waals surface area contributed by atoms with Crippen LogP contribution in [0.5, 0.6) is 0 Å². The first-order valence-corrected chi connectivity index (χ1v) is 7.57. The van der Waals surface area contributed by atoms with E-state index in [2.05, 4.69) is 0 Å². The molecule has 5 nitrogen and oxygen atoms in total. The SMILES string of the molecule is CC(=O)c1c(C)c(C=O)c(CCCOCc2ccccc2)n1O. The predicted molar refractivity (Wildman–Crippen MR) is 86.2 cm³/mol. The van der Waals surface area contributed by atoms with Crippen LogP contribution in [-0.4, -0.2) is 28.6 Å². The minimum absolute atomic E-state index is 0.173. The van der Waals surface area contributed by atoms with Gasteiger partial charge < -0.3 is 9.94 Å². The normalized spacial score (nSPS) is 10.7. The molecule has 0 amide bonds. The summed E-state index contributed by atoms with van der Waals surface area (Å²) in [5, 5.41) is 10.1. The Kier molecular flexibility index (Phi) is 5.71. The van der Waals surface area contributed by atoms with Gasteiger partial charge in [-0.05, 0) is 30.9 Å². The number of benzene rings is 1. The van der Waals surface area contributed by atoms with Crippen molar-refractivity contribution < 1.29 is 19.5 Å². The first-order valence-electron chi connectivity index (χ1n) is 7.57. The molecule has 0 aliphatic rings. The zero-order chi connectivity index (χ0) is 16.8. The summed E-state index contributed by atoms with van der Waals surface area (Å²) in [6, 6.07) is 9.85. The van der Waals surface area contributed by atoms with Crippen LogP contribution in [0.2, 0.25) is 0 Å². The standard InChI is InChI=1S/C18H21NO4/c1-13-16(11-20)17(19(22)18(13)14(2)21)9-6-10-23-12-15-7-4-3-5-8-15/h3-5,7-8,11,22H,6,9-10,12H2,1-2H3. The lowest BCUT2D eigenvalue weighted by atomic mass is 10.1. The lowest BCUT2D eigenvalue weighted by Crippen LogP contribution is -2.08. The van der Waals surface area contributed by atoms with Crippen LogP contribution in [0.15, 0.2) is 30.3 Å². The summed E-state index contributed by atoms with van der Waals surface area (Å²) < 4.78 is 6.44. The average molecular weight is 315 g/mol. The highest BCUT2D eigenvalue weighted by molar-refractivity contribution is 5.97. The Morgan fingerprint density at radius 3 is 2.61 bits per heavy atom. The number of ether oxygens (including phenoxy) is 1. The number of hydrogen-bond donors (Lipinski definition) is 1. The molecular weight excluding hydrogens is 294 g/mol. The van der Waals surface area contributed by atoms with Gasteiger partial charge in [-0.2, -0.15) is 4.73 Å². The molecule has 0 radical (unpaired) electrons. The molecule has 1 N–H and O–H groups in total. The van der Waals surface area contributed by atoms with E-state index in [4.69, 9.17) is 4.74 Å². The van der Waals surface area contributed by atoms with E-state index >= 15 is 0 Å². The average Bonchev–Trinajstić information content (AvgIpc) is 2.78. The molecule has 5 heteroatoms. The summed E-state index contributed by atoms with van der Waals surface area (Å²) in [7, 11) is 0. The smallest absolute Gasteiger partial charge is 0.179 e. The van der Waals surface area contributed by atoms with Crippen molar-refractivity contribution in [1.82, 2.24) is 4.73 Å². The van der Waals surface area contributed by atoms with Gasteiger partial charge in [0.05, 0.1) is 12.3 Å². The van der Waals surface area contributed by atoms with Gasteiger partial charge in [0.15, 0.2) is 12.1 Å². The number of aldehydes is 1. The third kappa shape index (κ3) is 3.87. The largest absolute Gasteiger partial charge is 0.428 e. The zero-order valence-electron chi connectivity index (χ0n) is 13.4. The van der Waals surface area contributed by atoms with Crippen molar-refractivity contribution in [3.05, 3.63) is 58.4 Å². The number of Topliss-reactive ketones (excluding diaryl/α,β-unsaturated/α-hetero) is 1. The van der Waals surface area contributed by atoms with Crippen molar-refractivity contribution in [2.24, 2.45) is 0 Å². The van der Waals surface area contributed by atoms with Gasteiger partial charge in [-0.25, -0.2) is 0 Å². The Bertz CT molecular complexity index is 689. The van der Waals surface area contributed by atoms with Gasteiger partial charge in [-0.1, -0.05) is 30.3 Å². The van der Waals surface area contributed by atoms with Crippen molar-refractivity contribution in [3.8, 4) is 0 Å². The molecule has 2 rings (SSSR count). The zero-order valence-corrected chi connectivity index (χ0v) is 13.4. The molecule has 1 heterocycles. The van der Waals surface area contributed by atoms with E-state index in [9.17, 15) is 14.8 Å². The molecule has 0 atom stereocenters. The Morgan fingerprint density at radius 1 is 1.30 bits per heavy atom.